The summed E-state index contributed by atoms with van der Waals surface area (Å²) in [5.41, 5.74) is 0.689. The number of hydrogen-bond acceptors (Lipinski definition) is 6. The van der Waals surface area contributed by atoms with Crippen molar-refractivity contribution in [2.45, 2.75) is 13.5 Å². The van der Waals surface area contributed by atoms with Crippen LogP contribution in [-0.2, 0) is 13.6 Å². The molecule has 3 heterocycles. The zero-order valence-electron chi connectivity index (χ0n) is 13.1. The topological polar surface area (TPSA) is 76.8 Å². The van der Waals surface area contributed by atoms with Gasteiger partial charge < -0.3 is 9.47 Å². The third-order valence-corrected chi connectivity index (χ3v) is 4.54. The summed E-state index contributed by atoms with van der Waals surface area (Å²) in [5.74, 6) is 1.28. The highest BCUT2D eigenvalue weighted by Crippen LogP contribution is 2.26. The average Bonchev–Trinajstić information content (AvgIpc) is 3.14. The Hall–Kier alpha value is -2.61. The van der Waals surface area contributed by atoms with Crippen LogP contribution in [0.1, 0.15) is 21.2 Å². The average molecular weight is 328 g/mol. The Labute approximate surface area is 137 Å². The molecule has 3 rings (SSSR count). The number of carbonyl (C=O) groups excluding carboxylic acids is 1. The standard InChI is InChI=1S/C15H16N6OS/c1-10-12(23-14(19-10)13-17-5-4-6-18-13)15(22)21(3)9-11-16-7-8-20(11)2/h4-8H,9H2,1-3H3. The first-order chi connectivity index (χ1) is 11.1. The Morgan fingerprint density at radius 3 is 2.65 bits per heavy atom. The van der Waals surface area contributed by atoms with E-state index in [0.717, 1.165) is 5.82 Å². The van der Waals surface area contributed by atoms with Gasteiger partial charge in [-0.15, -0.1) is 11.3 Å². The predicted octanol–water partition coefficient (Wildman–Crippen LogP) is 1.91. The number of thiazole rings is 1. The molecule has 0 aliphatic rings. The minimum Gasteiger partial charge on any atom is -0.337 e. The molecular weight excluding hydrogens is 312 g/mol. The highest BCUT2D eigenvalue weighted by molar-refractivity contribution is 7.17. The predicted molar refractivity (Wildman–Crippen MR) is 86.9 cm³/mol. The summed E-state index contributed by atoms with van der Waals surface area (Å²) in [7, 11) is 3.66. The van der Waals surface area contributed by atoms with Gasteiger partial charge >= 0.3 is 0 Å². The molecule has 0 atom stereocenters. The van der Waals surface area contributed by atoms with Gasteiger partial charge in [0.05, 0.1) is 12.2 Å². The van der Waals surface area contributed by atoms with E-state index in [-0.39, 0.29) is 5.91 Å². The molecule has 0 bridgehead atoms. The van der Waals surface area contributed by atoms with Crippen LogP contribution in [0.15, 0.2) is 30.9 Å². The van der Waals surface area contributed by atoms with Crippen LogP contribution >= 0.6 is 11.3 Å². The van der Waals surface area contributed by atoms with Crippen molar-refractivity contribution in [2.75, 3.05) is 7.05 Å². The molecule has 0 saturated heterocycles. The van der Waals surface area contributed by atoms with Crippen molar-refractivity contribution in [1.29, 1.82) is 0 Å². The molecular formula is C15H16N6OS. The first-order valence-electron chi connectivity index (χ1n) is 7.02. The van der Waals surface area contributed by atoms with E-state index >= 15 is 0 Å². The smallest absolute Gasteiger partial charge is 0.266 e. The van der Waals surface area contributed by atoms with Crippen molar-refractivity contribution >= 4 is 17.2 Å². The fourth-order valence-corrected chi connectivity index (χ4v) is 3.12. The van der Waals surface area contributed by atoms with Crippen LogP contribution in [0, 0.1) is 6.92 Å². The number of amides is 1. The number of imidazole rings is 1. The lowest BCUT2D eigenvalue weighted by Crippen LogP contribution is -2.27. The van der Waals surface area contributed by atoms with Gasteiger partial charge in [-0.25, -0.2) is 19.9 Å². The van der Waals surface area contributed by atoms with Crippen LogP contribution < -0.4 is 0 Å². The van der Waals surface area contributed by atoms with Crippen molar-refractivity contribution in [2.24, 2.45) is 7.05 Å². The van der Waals surface area contributed by atoms with E-state index in [1.165, 1.54) is 11.3 Å². The Bertz CT molecular complexity index is 826. The fourth-order valence-electron chi connectivity index (χ4n) is 2.11. The lowest BCUT2D eigenvalue weighted by atomic mass is 10.3. The van der Waals surface area contributed by atoms with Crippen LogP contribution in [0.4, 0.5) is 0 Å². The van der Waals surface area contributed by atoms with Gasteiger partial charge in [0.25, 0.3) is 5.91 Å². The second-order valence-corrected chi connectivity index (χ2v) is 6.12. The number of nitrogens with zero attached hydrogens (tertiary/aromatic N) is 6. The monoisotopic (exact) mass is 328 g/mol. The van der Waals surface area contributed by atoms with E-state index in [2.05, 4.69) is 19.9 Å². The Morgan fingerprint density at radius 2 is 2.00 bits per heavy atom. The molecule has 0 saturated carbocycles. The fraction of sp³-hybridized carbons (Fsp3) is 0.267. The third kappa shape index (κ3) is 3.11. The zero-order chi connectivity index (χ0) is 16.4. The summed E-state index contributed by atoms with van der Waals surface area (Å²) in [6.07, 6.45) is 6.90. The van der Waals surface area contributed by atoms with Crippen LogP contribution in [0.2, 0.25) is 0 Å². The Morgan fingerprint density at radius 1 is 1.26 bits per heavy atom. The van der Waals surface area contributed by atoms with Gasteiger partial charge in [0.2, 0.25) is 0 Å². The maximum Gasteiger partial charge on any atom is 0.266 e. The first-order valence-corrected chi connectivity index (χ1v) is 7.84. The largest absolute Gasteiger partial charge is 0.337 e. The number of rotatable bonds is 4. The third-order valence-electron chi connectivity index (χ3n) is 3.39. The number of aromatic nitrogens is 5. The van der Waals surface area contributed by atoms with Crippen molar-refractivity contribution < 1.29 is 4.79 Å². The van der Waals surface area contributed by atoms with E-state index in [4.69, 9.17) is 0 Å². The van der Waals surface area contributed by atoms with Crippen molar-refractivity contribution in [3.05, 3.63) is 47.2 Å². The molecule has 0 fully saturated rings. The van der Waals surface area contributed by atoms with Gasteiger partial charge in [0.1, 0.15) is 10.7 Å². The van der Waals surface area contributed by atoms with Crippen LogP contribution in [0.5, 0.6) is 0 Å². The maximum atomic E-state index is 12.7. The molecule has 0 aliphatic heterocycles. The second-order valence-electron chi connectivity index (χ2n) is 5.12. The van der Waals surface area contributed by atoms with Crippen LogP contribution in [0.25, 0.3) is 10.8 Å². The van der Waals surface area contributed by atoms with Gasteiger partial charge in [-0.1, -0.05) is 0 Å². The summed E-state index contributed by atoms with van der Waals surface area (Å²) in [5, 5.41) is 0.650. The van der Waals surface area contributed by atoms with Gasteiger partial charge in [0, 0.05) is 38.9 Å². The summed E-state index contributed by atoms with van der Waals surface area (Å²) in [6.45, 7) is 2.27. The molecule has 0 unspecified atom stereocenters. The molecule has 118 valence electrons. The Balaban J connectivity index is 1.82. The lowest BCUT2D eigenvalue weighted by molar-refractivity contribution is 0.0784. The van der Waals surface area contributed by atoms with E-state index in [1.54, 1.807) is 36.6 Å². The van der Waals surface area contributed by atoms with Gasteiger partial charge in [0.15, 0.2) is 10.8 Å². The normalized spacial score (nSPS) is 10.7. The summed E-state index contributed by atoms with van der Waals surface area (Å²) in [6, 6.07) is 1.75. The van der Waals surface area contributed by atoms with Gasteiger partial charge in [-0.2, -0.15) is 0 Å². The summed E-state index contributed by atoms with van der Waals surface area (Å²) >= 11 is 1.31. The molecule has 8 heteroatoms. The minimum absolute atomic E-state index is 0.0785. The maximum absolute atomic E-state index is 12.7. The highest BCUT2D eigenvalue weighted by Gasteiger charge is 2.21. The molecule has 0 aromatic carbocycles. The Kier molecular flexibility index (Phi) is 4.16. The summed E-state index contributed by atoms with van der Waals surface area (Å²) in [4.78, 5) is 31.9. The lowest BCUT2D eigenvalue weighted by Gasteiger charge is -2.16. The molecule has 3 aromatic heterocycles. The van der Waals surface area contributed by atoms with E-state index in [1.807, 2.05) is 24.7 Å². The molecule has 23 heavy (non-hydrogen) atoms. The highest BCUT2D eigenvalue weighted by atomic mass is 32.1. The molecule has 0 radical (unpaired) electrons. The molecule has 7 nitrogen and oxygen atoms in total. The second kappa shape index (κ2) is 6.25. The molecule has 3 aromatic rings. The number of aryl methyl sites for hydroxylation is 2. The van der Waals surface area contributed by atoms with E-state index in [9.17, 15) is 4.79 Å². The quantitative estimate of drug-likeness (QED) is 0.731. The molecule has 0 aliphatic carbocycles. The first kappa shape index (κ1) is 15.3. The van der Waals surface area contributed by atoms with Crippen molar-refractivity contribution in [3.8, 4) is 10.8 Å². The van der Waals surface area contributed by atoms with Crippen LogP contribution in [0.3, 0.4) is 0 Å². The molecule has 0 spiro atoms. The van der Waals surface area contributed by atoms with Gasteiger partial charge in [-0.3, -0.25) is 4.79 Å². The number of hydrogen-bond donors (Lipinski definition) is 0. The molecule has 0 N–H and O–H groups in total. The van der Waals surface area contributed by atoms with Crippen molar-refractivity contribution in [1.82, 2.24) is 29.4 Å². The van der Waals surface area contributed by atoms with Gasteiger partial charge in [-0.05, 0) is 13.0 Å². The zero-order valence-corrected chi connectivity index (χ0v) is 13.9. The van der Waals surface area contributed by atoms with E-state index < -0.39 is 0 Å². The van der Waals surface area contributed by atoms with Crippen molar-refractivity contribution in [3.63, 3.8) is 0 Å². The van der Waals surface area contributed by atoms with E-state index in [0.29, 0.717) is 27.9 Å². The SMILES string of the molecule is Cc1nc(-c2ncccn2)sc1C(=O)N(C)Cc1nccn1C. The van der Waals surface area contributed by atoms with Crippen LogP contribution in [-0.4, -0.2) is 42.4 Å². The number of carbonyl (C=O) groups is 1. The minimum atomic E-state index is -0.0785. The summed E-state index contributed by atoms with van der Waals surface area (Å²) < 4.78 is 1.90. The molecule has 1 amide bonds.